The Morgan fingerprint density at radius 1 is 1.40 bits per heavy atom. The second-order valence-corrected chi connectivity index (χ2v) is 3.63. The predicted molar refractivity (Wildman–Crippen MR) is 62.4 cm³/mol. The number of carbonyl (C=O) groups excluding carboxylic acids is 1. The molecular formula is C13H17NO. The fourth-order valence-electron chi connectivity index (χ4n) is 1.39. The third-order valence-corrected chi connectivity index (χ3v) is 2.30. The summed E-state index contributed by atoms with van der Waals surface area (Å²) in [6, 6.07) is 10.0. The Hall–Kier alpha value is -1.57. The smallest absolute Gasteiger partial charge is 0.246 e. The number of carbonyl (C=O) groups is 1. The minimum absolute atomic E-state index is 0.0781. The lowest BCUT2D eigenvalue weighted by molar-refractivity contribution is -0.118. The van der Waals surface area contributed by atoms with Gasteiger partial charge >= 0.3 is 0 Å². The van der Waals surface area contributed by atoms with Crippen molar-refractivity contribution in [3.05, 3.63) is 48.0 Å². The summed E-state index contributed by atoms with van der Waals surface area (Å²) < 4.78 is 0. The molecule has 1 aromatic rings. The third kappa shape index (κ3) is 3.24. The molecule has 1 N–H and O–H groups in total. The number of hydrogen-bond donors (Lipinski definition) is 1. The second-order valence-electron chi connectivity index (χ2n) is 3.63. The van der Waals surface area contributed by atoms with Crippen LogP contribution in [0.1, 0.15) is 31.9 Å². The van der Waals surface area contributed by atoms with Crippen LogP contribution in [0.5, 0.6) is 0 Å². The van der Waals surface area contributed by atoms with Gasteiger partial charge in [-0.1, -0.05) is 43.8 Å². The highest BCUT2D eigenvalue weighted by Gasteiger charge is 2.11. The van der Waals surface area contributed by atoms with Crippen molar-refractivity contribution in [1.29, 1.82) is 0 Å². The highest BCUT2D eigenvalue weighted by atomic mass is 16.1. The monoisotopic (exact) mass is 203 g/mol. The molecule has 1 aromatic carbocycles. The zero-order chi connectivity index (χ0) is 11.3. The summed E-state index contributed by atoms with van der Waals surface area (Å²) in [7, 11) is 0. The molecule has 0 saturated carbocycles. The molecular weight excluding hydrogens is 186 g/mol. The first-order valence-electron chi connectivity index (χ1n) is 5.16. The summed E-state index contributed by atoms with van der Waals surface area (Å²) in [5.41, 5.74) is 1.68. The summed E-state index contributed by atoms with van der Waals surface area (Å²) in [5, 5.41) is 2.94. The van der Waals surface area contributed by atoms with Gasteiger partial charge in [-0.15, -0.1) is 0 Å². The Balaban J connectivity index is 2.73. The van der Waals surface area contributed by atoms with Gasteiger partial charge in [0, 0.05) is 5.57 Å². The Morgan fingerprint density at radius 3 is 2.47 bits per heavy atom. The minimum atomic E-state index is -0.0781. The van der Waals surface area contributed by atoms with E-state index >= 15 is 0 Å². The maximum absolute atomic E-state index is 11.5. The summed E-state index contributed by atoms with van der Waals surface area (Å²) in [5.74, 6) is -0.0781. The second kappa shape index (κ2) is 5.35. The Labute approximate surface area is 91.0 Å². The fourth-order valence-corrected chi connectivity index (χ4v) is 1.39. The summed E-state index contributed by atoms with van der Waals surface area (Å²) in [6.07, 6.45) is 0.878. The van der Waals surface area contributed by atoms with E-state index in [9.17, 15) is 4.79 Å². The van der Waals surface area contributed by atoms with Gasteiger partial charge in [0.15, 0.2) is 0 Å². The normalized spacial score (nSPS) is 11.9. The van der Waals surface area contributed by atoms with E-state index in [0.717, 1.165) is 12.0 Å². The summed E-state index contributed by atoms with van der Waals surface area (Å²) in [6.45, 7) is 7.39. The molecule has 1 rings (SSSR count). The van der Waals surface area contributed by atoms with Crippen molar-refractivity contribution in [2.24, 2.45) is 0 Å². The van der Waals surface area contributed by atoms with Crippen LogP contribution in [0.4, 0.5) is 0 Å². The van der Waals surface area contributed by atoms with E-state index in [1.54, 1.807) is 6.92 Å². The molecule has 0 radical (unpaired) electrons. The number of benzene rings is 1. The standard InChI is InChI=1S/C13H17NO/c1-4-12(14-13(15)10(2)3)11-8-6-5-7-9-11/h5-9,12H,2,4H2,1,3H3,(H,14,15). The maximum Gasteiger partial charge on any atom is 0.246 e. The van der Waals surface area contributed by atoms with Crippen molar-refractivity contribution < 1.29 is 4.79 Å². The largest absolute Gasteiger partial charge is 0.346 e. The lowest BCUT2D eigenvalue weighted by Crippen LogP contribution is -2.28. The third-order valence-electron chi connectivity index (χ3n) is 2.30. The van der Waals surface area contributed by atoms with Crippen molar-refractivity contribution in [1.82, 2.24) is 5.32 Å². The minimum Gasteiger partial charge on any atom is -0.346 e. The molecule has 80 valence electrons. The zero-order valence-electron chi connectivity index (χ0n) is 9.29. The zero-order valence-corrected chi connectivity index (χ0v) is 9.29. The molecule has 0 aromatic heterocycles. The topological polar surface area (TPSA) is 29.1 Å². The van der Waals surface area contributed by atoms with Crippen LogP contribution in [0.15, 0.2) is 42.5 Å². The van der Waals surface area contributed by atoms with E-state index in [1.165, 1.54) is 0 Å². The summed E-state index contributed by atoms with van der Waals surface area (Å²) in [4.78, 5) is 11.5. The van der Waals surface area contributed by atoms with E-state index in [2.05, 4.69) is 18.8 Å². The average Bonchev–Trinajstić information content (AvgIpc) is 2.26. The Morgan fingerprint density at radius 2 is 2.00 bits per heavy atom. The van der Waals surface area contributed by atoms with Gasteiger partial charge < -0.3 is 5.32 Å². The molecule has 2 heteroatoms. The van der Waals surface area contributed by atoms with Crippen molar-refractivity contribution in [3.63, 3.8) is 0 Å². The van der Waals surface area contributed by atoms with Crippen molar-refractivity contribution >= 4 is 5.91 Å². The number of nitrogens with one attached hydrogen (secondary N) is 1. The van der Waals surface area contributed by atoms with Gasteiger partial charge in [-0.2, -0.15) is 0 Å². The molecule has 0 saturated heterocycles. The van der Waals surface area contributed by atoms with Crippen LogP contribution in [-0.4, -0.2) is 5.91 Å². The molecule has 0 aliphatic rings. The Bertz CT molecular complexity index is 343. The highest BCUT2D eigenvalue weighted by molar-refractivity contribution is 5.92. The molecule has 0 fully saturated rings. The van der Waals surface area contributed by atoms with Crippen LogP contribution >= 0.6 is 0 Å². The van der Waals surface area contributed by atoms with Gasteiger partial charge in [-0.3, -0.25) is 4.79 Å². The molecule has 0 aliphatic carbocycles. The van der Waals surface area contributed by atoms with E-state index in [0.29, 0.717) is 5.57 Å². The van der Waals surface area contributed by atoms with Crippen LogP contribution < -0.4 is 5.32 Å². The van der Waals surface area contributed by atoms with Gasteiger partial charge in [-0.05, 0) is 18.9 Å². The van der Waals surface area contributed by atoms with Crippen LogP contribution in [0, 0.1) is 0 Å². The lowest BCUT2D eigenvalue weighted by Gasteiger charge is -2.17. The molecule has 0 aliphatic heterocycles. The SMILES string of the molecule is C=C(C)C(=O)NC(CC)c1ccccc1. The fraction of sp³-hybridized carbons (Fsp3) is 0.308. The molecule has 1 unspecified atom stereocenters. The number of rotatable bonds is 4. The molecule has 1 atom stereocenters. The van der Waals surface area contributed by atoms with Gasteiger partial charge in [-0.25, -0.2) is 0 Å². The van der Waals surface area contributed by atoms with Crippen LogP contribution in [0.3, 0.4) is 0 Å². The van der Waals surface area contributed by atoms with Crippen LogP contribution in [0.2, 0.25) is 0 Å². The Kier molecular flexibility index (Phi) is 4.10. The molecule has 0 spiro atoms. The quantitative estimate of drug-likeness (QED) is 0.749. The van der Waals surface area contributed by atoms with E-state index < -0.39 is 0 Å². The molecule has 0 bridgehead atoms. The first-order valence-corrected chi connectivity index (χ1v) is 5.16. The summed E-state index contributed by atoms with van der Waals surface area (Å²) >= 11 is 0. The van der Waals surface area contributed by atoms with Gasteiger partial charge in [0.2, 0.25) is 5.91 Å². The van der Waals surface area contributed by atoms with Crippen molar-refractivity contribution in [2.45, 2.75) is 26.3 Å². The molecule has 0 heterocycles. The van der Waals surface area contributed by atoms with Gasteiger partial charge in [0.25, 0.3) is 0 Å². The number of hydrogen-bond acceptors (Lipinski definition) is 1. The maximum atomic E-state index is 11.5. The van der Waals surface area contributed by atoms with Gasteiger partial charge in [0.05, 0.1) is 6.04 Å². The van der Waals surface area contributed by atoms with Gasteiger partial charge in [0.1, 0.15) is 0 Å². The first kappa shape index (κ1) is 11.5. The molecule has 15 heavy (non-hydrogen) atoms. The molecule has 2 nitrogen and oxygen atoms in total. The van der Waals surface area contributed by atoms with Crippen LogP contribution in [-0.2, 0) is 4.79 Å². The van der Waals surface area contributed by atoms with E-state index in [4.69, 9.17) is 0 Å². The van der Waals surface area contributed by atoms with E-state index in [1.807, 2.05) is 30.3 Å². The number of amides is 1. The lowest BCUT2D eigenvalue weighted by atomic mass is 10.0. The predicted octanol–water partition coefficient (Wildman–Crippen LogP) is 2.83. The highest BCUT2D eigenvalue weighted by Crippen LogP contribution is 2.16. The average molecular weight is 203 g/mol. The van der Waals surface area contributed by atoms with Crippen molar-refractivity contribution in [2.75, 3.05) is 0 Å². The van der Waals surface area contributed by atoms with E-state index in [-0.39, 0.29) is 11.9 Å². The van der Waals surface area contributed by atoms with Crippen molar-refractivity contribution in [3.8, 4) is 0 Å². The van der Waals surface area contributed by atoms with Crippen LogP contribution in [0.25, 0.3) is 0 Å². The molecule has 1 amide bonds. The first-order chi connectivity index (χ1) is 7.15.